The third-order valence-corrected chi connectivity index (χ3v) is 2.05. The fourth-order valence-corrected chi connectivity index (χ4v) is 1.47. The van der Waals surface area contributed by atoms with Crippen molar-refractivity contribution in [1.29, 1.82) is 0 Å². The Balaban J connectivity index is 2.87. The van der Waals surface area contributed by atoms with E-state index < -0.39 is 0 Å². The van der Waals surface area contributed by atoms with Crippen LogP contribution in [-0.4, -0.2) is 15.0 Å². The van der Waals surface area contributed by atoms with Crippen LogP contribution in [0.2, 0.25) is 10.3 Å². The SMILES string of the molecule is Cc1nc(Cl)c2nc(Cl)ccc2n1. The van der Waals surface area contributed by atoms with E-state index in [9.17, 15) is 0 Å². The smallest absolute Gasteiger partial charge is 0.159 e. The van der Waals surface area contributed by atoms with Crippen molar-refractivity contribution >= 4 is 34.2 Å². The molecule has 2 aromatic rings. The summed E-state index contributed by atoms with van der Waals surface area (Å²) in [4.78, 5) is 12.2. The van der Waals surface area contributed by atoms with Crippen molar-refractivity contribution in [2.45, 2.75) is 6.92 Å². The third-order valence-electron chi connectivity index (χ3n) is 1.58. The van der Waals surface area contributed by atoms with E-state index in [1.807, 2.05) is 0 Å². The van der Waals surface area contributed by atoms with Gasteiger partial charge in [-0.3, -0.25) is 0 Å². The zero-order chi connectivity index (χ0) is 9.42. The van der Waals surface area contributed by atoms with Crippen molar-refractivity contribution in [3.63, 3.8) is 0 Å². The second-order valence-electron chi connectivity index (χ2n) is 2.56. The Kier molecular flexibility index (Phi) is 2.06. The number of fused-ring (bicyclic) bond motifs is 1. The highest BCUT2D eigenvalue weighted by molar-refractivity contribution is 6.34. The van der Waals surface area contributed by atoms with Gasteiger partial charge in [-0.2, -0.15) is 0 Å². The summed E-state index contributed by atoms with van der Waals surface area (Å²) in [5.74, 6) is 0.627. The summed E-state index contributed by atoms with van der Waals surface area (Å²) < 4.78 is 0. The van der Waals surface area contributed by atoms with Gasteiger partial charge < -0.3 is 0 Å². The molecular weight excluding hydrogens is 209 g/mol. The molecule has 0 spiro atoms. The maximum absolute atomic E-state index is 5.86. The number of halogens is 2. The Morgan fingerprint density at radius 1 is 1.08 bits per heavy atom. The molecule has 0 aliphatic carbocycles. The lowest BCUT2D eigenvalue weighted by Crippen LogP contribution is -1.92. The van der Waals surface area contributed by atoms with E-state index in [0.717, 1.165) is 0 Å². The van der Waals surface area contributed by atoms with E-state index in [2.05, 4.69) is 15.0 Å². The molecule has 13 heavy (non-hydrogen) atoms. The molecule has 0 aromatic carbocycles. The van der Waals surface area contributed by atoms with Gasteiger partial charge in [-0.15, -0.1) is 0 Å². The van der Waals surface area contributed by atoms with E-state index in [-0.39, 0.29) is 0 Å². The van der Waals surface area contributed by atoms with Gasteiger partial charge in [0.15, 0.2) is 5.15 Å². The van der Waals surface area contributed by atoms with E-state index in [1.54, 1.807) is 19.1 Å². The monoisotopic (exact) mass is 213 g/mol. The summed E-state index contributed by atoms with van der Waals surface area (Å²) in [7, 11) is 0. The van der Waals surface area contributed by atoms with Crippen molar-refractivity contribution in [3.8, 4) is 0 Å². The lowest BCUT2D eigenvalue weighted by Gasteiger charge is -1.99. The minimum atomic E-state index is 0.338. The van der Waals surface area contributed by atoms with Crippen LogP contribution in [0.4, 0.5) is 0 Å². The van der Waals surface area contributed by atoms with Crippen LogP contribution >= 0.6 is 23.2 Å². The number of pyridine rings is 1. The number of hydrogen-bond acceptors (Lipinski definition) is 3. The molecule has 5 heteroatoms. The first-order valence-corrected chi connectivity index (χ1v) is 4.39. The van der Waals surface area contributed by atoms with Crippen LogP contribution in [0.15, 0.2) is 12.1 Å². The summed E-state index contributed by atoms with van der Waals surface area (Å²) >= 11 is 11.6. The molecule has 66 valence electrons. The molecule has 3 nitrogen and oxygen atoms in total. The Labute approximate surface area is 84.7 Å². The fourth-order valence-electron chi connectivity index (χ4n) is 1.06. The zero-order valence-electron chi connectivity index (χ0n) is 6.75. The van der Waals surface area contributed by atoms with Gasteiger partial charge in [-0.25, -0.2) is 15.0 Å². The van der Waals surface area contributed by atoms with Crippen molar-refractivity contribution in [3.05, 3.63) is 28.3 Å². The molecule has 0 saturated heterocycles. The fraction of sp³-hybridized carbons (Fsp3) is 0.125. The Morgan fingerprint density at radius 2 is 1.85 bits per heavy atom. The molecule has 0 bridgehead atoms. The standard InChI is InChI=1S/C8H5Cl2N3/c1-4-11-5-2-3-6(9)13-7(5)8(10)12-4/h2-3H,1H3. The van der Waals surface area contributed by atoms with Gasteiger partial charge >= 0.3 is 0 Å². The molecular formula is C8H5Cl2N3. The third kappa shape index (κ3) is 1.57. The number of aromatic nitrogens is 3. The van der Waals surface area contributed by atoms with E-state index >= 15 is 0 Å². The van der Waals surface area contributed by atoms with E-state index in [0.29, 0.717) is 27.2 Å². The van der Waals surface area contributed by atoms with Crippen molar-refractivity contribution < 1.29 is 0 Å². The van der Waals surface area contributed by atoms with Crippen LogP contribution in [0.25, 0.3) is 11.0 Å². The van der Waals surface area contributed by atoms with Crippen LogP contribution in [0, 0.1) is 6.92 Å². The Hall–Kier alpha value is -0.930. The topological polar surface area (TPSA) is 38.7 Å². The first kappa shape index (κ1) is 8.66. The molecule has 0 fully saturated rings. The highest BCUT2D eigenvalue weighted by Crippen LogP contribution is 2.19. The predicted molar refractivity (Wildman–Crippen MR) is 52.1 cm³/mol. The number of rotatable bonds is 0. The summed E-state index contributed by atoms with van der Waals surface area (Å²) in [6, 6.07) is 3.44. The van der Waals surface area contributed by atoms with Gasteiger partial charge in [0.1, 0.15) is 16.5 Å². The largest absolute Gasteiger partial charge is 0.231 e. The molecule has 0 amide bonds. The summed E-state index contributed by atoms with van der Waals surface area (Å²) in [5.41, 5.74) is 1.25. The number of hydrogen-bond donors (Lipinski definition) is 0. The molecule has 2 rings (SSSR count). The molecule has 0 aliphatic heterocycles. The molecule has 0 atom stereocenters. The zero-order valence-corrected chi connectivity index (χ0v) is 8.26. The average Bonchev–Trinajstić information content (AvgIpc) is 2.06. The molecule has 0 aliphatic rings. The summed E-state index contributed by atoms with van der Waals surface area (Å²) in [6.45, 7) is 1.78. The van der Waals surface area contributed by atoms with Crippen molar-refractivity contribution in [1.82, 2.24) is 15.0 Å². The predicted octanol–water partition coefficient (Wildman–Crippen LogP) is 2.64. The van der Waals surface area contributed by atoms with E-state index in [4.69, 9.17) is 23.2 Å². The second-order valence-corrected chi connectivity index (χ2v) is 3.31. The normalized spacial score (nSPS) is 10.7. The van der Waals surface area contributed by atoms with Crippen LogP contribution in [-0.2, 0) is 0 Å². The van der Waals surface area contributed by atoms with E-state index in [1.165, 1.54) is 0 Å². The van der Waals surface area contributed by atoms with Crippen LogP contribution < -0.4 is 0 Å². The van der Waals surface area contributed by atoms with Crippen LogP contribution in [0.5, 0.6) is 0 Å². The second kappa shape index (κ2) is 3.09. The maximum atomic E-state index is 5.86. The molecule has 0 unspecified atom stereocenters. The van der Waals surface area contributed by atoms with Crippen LogP contribution in [0.3, 0.4) is 0 Å². The molecule has 2 aromatic heterocycles. The van der Waals surface area contributed by atoms with Gasteiger partial charge in [0.2, 0.25) is 0 Å². The molecule has 0 N–H and O–H groups in total. The molecule has 0 saturated carbocycles. The van der Waals surface area contributed by atoms with Gasteiger partial charge in [0.05, 0.1) is 5.52 Å². The summed E-state index contributed by atoms with van der Waals surface area (Å²) in [6.07, 6.45) is 0. The molecule has 0 radical (unpaired) electrons. The summed E-state index contributed by atoms with van der Waals surface area (Å²) in [5, 5.41) is 0.729. The number of aryl methyl sites for hydroxylation is 1. The van der Waals surface area contributed by atoms with Gasteiger partial charge in [-0.1, -0.05) is 23.2 Å². The minimum Gasteiger partial charge on any atom is -0.231 e. The lowest BCUT2D eigenvalue weighted by atomic mass is 10.3. The van der Waals surface area contributed by atoms with Crippen molar-refractivity contribution in [2.24, 2.45) is 0 Å². The number of nitrogens with zero attached hydrogens (tertiary/aromatic N) is 3. The van der Waals surface area contributed by atoms with Gasteiger partial charge in [0.25, 0.3) is 0 Å². The minimum absolute atomic E-state index is 0.338. The maximum Gasteiger partial charge on any atom is 0.159 e. The van der Waals surface area contributed by atoms with Crippen molar-refractivity contribution in [2.75, 3.05) is 0 Å². The van der Waals surface area contributed by atoms with Gasteiger partial charge in [0, 0.05) is 0 Å². The van der Waals surface area contributed by atoms with Crippen LogP contribution in [0.1, 0.15) is 5.82 Å². The lowest BCUT2D eigenvalue weighted by molar-refractivity contribution is 1.08. The molecule has 2 heterocycles. The Bertz CT molecular complexity index is 470. The van der Waals surface area contributed by atoms with Gasteiger partial charge in [-0.05, 0) is 19.1 Å². The Morgan fingerprint density at radius 3 is 2.62 bits per heavy atom. The highest BCUT2D eigenvalue weighted by Gasteiger charge is 2.04. The quantitative estimate of drug-likeness (QED) is 0.499. The highest BCUT2D eigenvalue weighted by atomic mass is 35.5. The first-order chi connectivity index (χ1) is 6.16. The first-order valence-electron chi connectivity index (χ1n) is 3.63. The average molecular weight is 214 g/mol.